The Labute approximate surface area is 78.0 Å². The number of halogens is 3. The number of ether oxygens (including phenoxy) is 1. The van der Waals surface area contributed by atoms with Gasteiger partial charge in [-0.25, -0.2) is 0 Å². The van der Waals surface area contributed by atoms with Gasteiger partial charge in [0.15, 0.2) is 6.10 Å². The molecule has 0 saturated carbocycles. The van der Waals surface area contributed by atoms with Gasteiger partial charge >= 0.3 is 12.1 Å². The molecule has 0 aromatic heterocycles. The summed E-state index contributed by atoms with van der Waals surface area (Å²) in [6, 6.07) is 0. The lowest BCUT2D eigenvalue weighted by Gasteiger charge is -2.31. The van der Waals surface area contributed by atoms with E-state index in [0.29, 0.717) is 0 Å². The molecule has 1 rings (SSSR count). The van der Waals surface area contributed by atoms with Crippen LogP contribution in [0.3, 0.4) is 0 Å². The summed E-state index contributed by atoms with van der Waals surface area (Å²) < 4.78 is 41.0. The molecule has 4 nitrogen and oxygen atoms in total. The molecule has 0 bridgehead atoms. The number of morpholine rings is 1. The van der Waals surface area contributed by atoms with Crippen LogP contribution >= 0.6 is 0 Å². The van der Waals surface area contributed by atoms with Crippen molar-refractivity contribution >= 4 is 5.97 Å². The Balaban J connectivity index is 2.48. The maximum atomic E-state index is 12.1. The first kappa shape index (κ1) is 11.3. The lowest BCUT2D eigenvalue weighted by atomic mass is 10.2. The van der Waals surface area contributed by atoms with Crippen LogP contribution < -0.4 is 5.32 Å². The summed E-state index contributed by atoms with van der Waals surface area (Å²) in [5.41, 5.74) is 0. The van der Waals surface area contributed by atoms with E-state index in [1.165, 1.54) is 0 Å². The van der Waals surface area contributed by atoms with Gasteiger partial charge in [0.05, 0.1) is 12.5 Å². The van der Waals surface area contributed by atoms with Crippen molar-refractivity contribution in [3.63, 3.8) is 0 Å². The molecule has 1 aliphatic rings. The Morgan fingerprint density at radius 1 is 1.50 bits per heavy atom. The van der Waals surface area contributed by atoms with Crippen LogP contribution in [-0.2, 0) is 9.53 Å². The first-order valence-corrected chi connectivity index (χ1v) is 4.04. The Morgan fingerprint density at radius 3 is 2.64 bits per heavy atom. The van der Waals surface area contributed by atoms with Crippen LogP contribution in [0.2, 0.25) is 0 Å². The van der Waals surface area contributed by atoms with Crippen LogP contribution in [0, 0.1) is 0 Å². The molecule has 1 aliphatic heterocycles. The van der Waals surface area contributed by atoms with Crippen LogP contribution in [0.15, 0.2) is 0 Å². The molecule has 1 fully saturated rings. The van der Waals surface area contributed by atoms with Crippen molar-refractivity contribution in [3.05, 3.63) is 0 Å². The first-order chi connectivity index (χ1) is 6.39. The van der Waals surface area contributed by atoms with Crippen molar-refractivity contribution < 1.29 is 27.8 Å². The average Bonchev–Trinajstić information content (AvgIpc) is 2.01. The third-order valence-electron chi connectivity index (χ3n) is 1.83. The molecule has 14 heavy (non-hydrogen) atoms. The molecule has 0 amide bonds. The number of carbonyl (C=O) groups is 1. The molecule has 1 saturated heterocycles. The number of hydrogen-bond donors (Lipinski definition) is 2. The molecule has 82 valence electrons. The van der Waals surface area contributed by atoms with Gasteiger partial charge in [0, 0.05) is 13.1 Å². The Kier molecular flexibility index (Phi) is 3.33. The van der Waals surface area contributed by atoms with Gasteiger partial charge in [-0.3, -0.25) is 4.79 Å². The zero-order chi connectivity index (χ0) is 10.8. The first-order valence-electron chi connectivity index (χ1n) is 4.04. The summed E-state index contributed by atoms with van der Waals surface area (Å²) in [5, 5.41) is 10.9. The summed E-state index contributed by atoms with van der Waals surface area (Å²) in [6.07, 6.45) is -7.67. The number of aliphatic carboxylic acids is 1. The largest absolute Gasteiger partial charge is 0.481 e. The quantitative estimate of drug-likeness (QED) is 0.696. The van der Waals surface area contributed by atoms with Gasteiger partial charge in [-0.2, -0.15) is 13.2 Å². The average molecular weight is 213 g/mol. The molecule has 1 heterocycles. The molecule has 7 heteroatoms. The molecular formula is C7H10F3NO3. The van der Waals surface area contributed by atoms with Crippen molar-refractivity contribution in [2.75, 3.05) is 13.1 Å². The number of carboxylic acids is 1. The molecule has 2 N–H and O–H groups in total. The molecular weight excluding hydrogens is 203 g/mol. The van der Waals surface area contributed by atoms with Gasteiger partial charge in [-0.05, 0) is 0 Å². The van der Waals surface area contributed by atoms with E-state index < -0.39 is 30.8 Å². The standard InChI is InChI=1S/C7H10F3NO3/c8-7(9,10)5-3-11-2-4(14-5)1-6(12)13/h4-5,11H,1-3H2,(H,12,13)/t4-,5+/m1/s1. The molecule has 2 atom stereocenters. The maximum absolute atomic E-state index is 12.1. The third kappa shape index (κ3) is 3.15. The van der Waals surface area contributed by atoms with Crippen molar-refractivity contribution in [1.82, 2.24) is 5.32 Å². The highest BCUT2D eigenvalue weighted by Gasteiger charge is 2.43. The Morgan fingerprint density at radius 2 is 2.14 bits per heavy atom. The second kappa shape index (κ2) is 4.14. The smallest absolute Gasteiger partial charge is 0.415 e. The van der Waals surface area contributed by atoms with Gasteiger partial charge in [0.2, 0.25) is 0 Å². The van der Waals surface area contributed by atoms with Gasteiger partial charge in [-0.15, -0.1) is 0 Å². The van der Waals surface area contributed by atoms with E-state index in [9.17, 15) is 18.0 Å². The zero-order valence-electron chi connectivity index (χ0n) is 7.17. The Bertz CT molecular complexity index is 219. The van der Waals surface area contributed by atoms with E-state index in [1.807, 2.05) is 0 Å². The molecule has 0 radical (unpaired) electrons. The molecule has 0 spiro atoms. The highest BCUT2D eigenvalue weighted by atomic mass is 19.4. The fraction of sp³-hybridized carbons (Fsp3) is 0.857. The van der Waals surface area contributed by atoms with Gasteiger partial charge in [0.25, 0.3) is 0 Å². The summed E-state index contributed by atoms with van der Waals surface area (Å²) in [5.74, 6) is -1.17. The number of carboxylic acid groups (broad SMARTS) is 1. The Hall–Kier alpha value is -0.820. The summed E-state index contributed by atoms with van der Waals surface area (Å²) >= 11 is 0. The highest BCUT2D eigenvalue weighted by Crippen LogP contribution is 2.25. The van der Waals surface area contributed by atoms with Crippen molar-refractivity contribution in [2.24, 2.45) is 0 Å². The zero-order valence-corrected chi connectivity index (χ0v) is 7.17. The van der Waals surface area contributed by atoms with Crippen molar-refractivity contribution in [2.45, 2.75) is 24.8 Å². The van der Waals surface area contributed by atoms with E-state index >= 15 is 0 Å². The van der Waals surface area contributed by atoms with Gasteiger partial charge in [-0.1, -0.05) is 0 Å². The minimum absolute atomic E-state index is 0.138. The minimum atomic E-state index is -4.44. The van der Waals surface area contributed by atoms with Gasteiger partial charge in [0.1, 0.15) is 0 Å². The topological polar surface area (TPSA) is 58.6 Å². The van der Waals surface area contributed by atoms with Crippen LogP contribution in [0.1, 0.15) is 6.42 Å². The van der Waals surface area contributed by atoms with E-state index in [0.717, 1.165) is 0 Å². The molecule has 0 unspecified atom stereocenters. The number of nitrogens with one attached hydrogen (secondary N) is 1. The van der Waals surface area contributed by atoms with Crippen LogP contribution in [0.4, 0.5) is 13.2 Å². The van der Waals surface area contributed by atoms with Gasteiger partial charge < -0.3 is 15.2 Å². The predicted octanol–water partition coefficient (Wildman–Crippen LogP) is 0.380. The highest BCUT2D eigenvalue weighted by molar-refractivity contribution is 5.67. The van der Waals surface area contributed by atoms with Crippen LogP contribution in [-0.4, -0.2) is 42.5 Å². The maximum Gasteiger partial charge on any atom is 0.415 e. The van der Waals surface area contributed by atoms with E-state index in [-0.39, 0.29) is 13.1 Å². The summed E-state index contributed by atoms with van der Waals surface area (Å²) in [7, 11) is 0. The number of rotatable bonds is 2. The molecule has 0 aliphatic carbocycles. The summed E-state index contributed by atoms with van der Waals surface area (Å²) in [6.45, 7) is -0.182. The van der Waals surface area contributed by atoms with Crippen LogP contribution in [0.5, 0.6) is 0 Å². The fourth-order valence-corrected chi connectivity index (χ4v) is 1.21. The van der Waals surface area contributed by atoms with Crippen molar-refractivity contribution in [1.29, 1.82) is 0 Å². The summed E-state index contributed by atoms with van der Waals surface area (Å²) in [4.78, 5) is 10.2. The molecule has 0 aromatic carbocycles. The van der Waals surface area contributed by atoms with E-state index in [2.05, 4.69) is 10.1 Å². The number of alkyl halides is 3. The lowest BCUT2D eigenvalue weighted by molar-refractivity contribution is -0.240. The number of hydrogen-bond acceptors (Lipinski definition) is 3. The second-order valence-electron chi connectivity index (χ2n) is 3.04. The minimum Gasteiger partial charge on any atom is -0.481 e. The van der Waals surface area contributed by atoms with E-state index in [1.54, 1.807) is 0 Å². The van der Waals surface area contributed by atoms with Crippen molar-refractivity contribution in [3.8, 4) is 0 Å². The monoisotopic (exact) mass is 213 g/mol. The molecule has 0 aromatic rings. The van der Waals surface area contributed by atoms with E-state index in [4.69, 9.17) is 5.11 Å². The normalized spacial score (nSPS) is 28.8. The lowest BCUT2D eigenvalue weighted by Crippen LogP contribution is -2.51. The second-order valence-corrected chi connectivity index (χ2v) is 3.04. The predicted molar refractivity (Wildman–Crippen MR) is 39.8 cm³/mol. The SMILES string of the molecule is O=C(O)C[C@@H]1CNC[C@@H](C(F)(F)F)O1. The fourth-order valence-electron chi connectivity index (χ4n) is 1.21. The van der Waals surface area contributed by atoms with Crippen LogP contribution in [0.25, 0.3) is 0 Å². The third-order valence-corrected chi connectivity index (χ3v) is 1.83.